The van der Waals surface area contributed by atoms with Crippen molar-refractivity contribution in [3.63, 3.8) is 0 Å². The SMILES string of the molecule is Cn1c(=O)oc2cc([N+](=O)[O-])c(C(=O)c3cc(F)ccc3Cl)c(Br)c21. The number of nitrogens with zero attached hydrogens (tertiary/aromatic N) is 2. The number of fused-ring (bicyclic) bond motifs is 1. The fourth-order valence-corrected chi connectivity index (χ4v) is 3.46. The lowest BCUT2D eigenvalue weighted by Gasteiger charge is -2.08. The van der Waals surface area contributed by atoms with E-state index in [1.165, 1.54) is 13.1 Å². The zero-order valence-corrected chi connectivity index (χ0v) is 14.7. The summed E-state index contributed by atoms with van der Waals surface area (Å²) in [4.78, 5) is 35.1. The Morgan fingerprint density at radius 2 is 2.08 bits per heavy atom. The molecule has 0 N–H and O–H groups in total. The molecule has 0 aliphatic rings. The predicted octanol–water partition coefficient (Wildman–Crippen LogP) is 3.83. The molecule has 0 unspecified atom stereocenters. The third-order valence-corrected chi connectivity index (χ3v) is 4.69. The second-order valence-electron chi connectivity index (χ2n) is 5.07. The Bertz CT molecular complexity index is 1120. The summed E-state index contributed by atoms with van der Waals surface area (Å²) in [5.41, 5.74) is -1.10. The number of nitro groups is 1. The first-order valence-electron chi connectivity index (χ1n) is 6.68. The molecule has 0 saturated carbocycles. The molecule has 10 heteroatoms. The Morgan fingerprint density at radius 3 is 2.72 bits per heavy atom. The lowest BCUT2D eigenvalue weighted by atomic mass is 10.0. The Kier molecular flexibility index (Phi) is 4.21. The van der Waals surface area contributed by atoms with Gasteiger partial charge < -0.3 is 4.42 Å². The maximum absolute atomic E-state index is 13.5. The van der Waals surface area contributed by atoms with Crippen molar-refractivity contribution < 1.29 is 18.5 Å². The Balaban J connectivity index is 2.39. The molecule has 7 nitrogen and oxygen atoms in total. The van der Waals surface area contributed by atoms with Crippen LogP contribution in [0.1, 0.15) is 15.9 Å². The van der Waals surface area contributed by atoms with Crippen LogP contribution in [0, 0.1) is 15.9 Å². The number of carbonyl (C=O) groups is 1. The van der Waals surface area contributed by atoms with Crippen LogP contribution in [0.3, 0.4) is 0 Å². The minimum Gasteiger partial charge on any atom is -0.407 e. The monoisotopic (exact) mass is 428 g/mol. The van der Waals surface area contributed by atoms with Crippen LogP contribution in [0.5, 0.6) is 0 Å². The summed E-state index contributed by atoms with van der Waals surface area (Å²) in [6, 6.07) is 4.10. The number of ketones is 1. The van der Waals surface area contributed by atoms with Crippen LogP contribution in [0.25, 0.3) is 11.1 Å². The van der Waals surface area contributed by atoms with E-state index >= 15 is 0 Å². The molecule has 0 radical (unpaired) electrons. The highest BCUT2D eigenvalue weighted by atomic mass is 79.9. The van der Waals surface area contributed by atoms with E-state index in [1.807, 2.05) is 0 Å². The van der Waals surface area contributed by atoms with Gasteiger partial charge in [-0.2, -0.15) is 0 Å². The summed E-state index contributed by atoms with van der Waals surface area (Å²) < 4.78 is 19.5. The number of carbonyl (C=O) groups excluding carboxylic acids is 1. The molecule has 25 heavy (non-hydrogen) atoms. The van der Waals surface area contributed by atoms with Crippen LogP contribution in [-0.4, -0.2) is 15.3 Å². The van der Waals surface area contributed by atoms with E-state index in [4.69, 9.17) is 16.0 Å². The zero-order chi connectivity index (χ0) is 18.5. The van der Waals surface area contributed by atoms with E-state index in [2.05, 4.69) is 15.9 Å². The summed E-state index contributed by atoms with van der Waals surface area (Å²) in [6.45, 7) is 0. The van der Waals surface area contributed by atoms with E-state index in [1.54, 1.807) is 0 Å². The van der Waals surface area contributed by atoms with Crippen molar-refractivity contribution in [2.24, 2.45) is 7.05 Å². The van der Waals surface area contributed by atoms with Gasteiger partial charge in [-0.1, -0.05) is 11.6 Å². The average Bonchev–Trinajstić information content (AvgIpc) is 2.83. The lowest BCUT2D eigenvalue weighted by molar-refractivity contribution is -0.385. The van der Waals surface area contributed by atoms with Crippen LogP contribution in [0.15, 0.2) is 37.9 Å². The molecule has 0 aliphatic heterocycles. The highest BCUT2D eigenvalue weighted by Crippen LogP contribution is 2.37. The van der Waals surface area contributed by atoms with Gasteiger partial charge in [0.1, 0.15) is 16.9 Å². The molecule has 2 aromatic carbocycles. The number of hydrogen-bond acceptors (Lipinski definition) is 5. The molecule has 0 fully saturated rings. The van der Waals surface area contributed by atoms with Crippen molar-refractivity contribution in [1.29, 1.82) is 0 Å². The van der Waals surface area contributed by atoms with Gasteiger partial charge in [-0.25, -0.2) is 9.18 Å². The number of aryl methyl sites for hydroxylation is 1. The number of benzene rings is 2. The van der Waals surface area contributed by atoms with E-state index in [0.717, 1.165) is 22.8 Å². The Morgan fingerprint density at radius 1 is 1.40 bits per heavy atom. The Labute approximate surface area is 151 Å². The molecule has 128 valence electrons. The second-order valence-corrected chi connectivity index (χ2v) is 6.27. The number of halogens is 3. The summed E-state index contributed by atoms with van der Waals surface area (Å²) in [5, 5.41) is 11.3. The van der Waals surface area contributed by atoms with Crippen molar-refractivity contribution in [2.45, 2.75) is 0 Å². The highest BCUT2D eigenvalue weighted by molar-refractivity contribution is 9.10. The van der Waals surface area contributed by atoms with Crippen molar-refractivity contribution >= 4 is 50.1 Å². The fraction of sp³-hybridized carbons (Fsp3) is 0.0667. The molecular weight excluding hydrogens is 423 g/mol. The normalized spacial score (nSPS) is 11.0. The summed E-state index contributed by atoms with van der Waals surface area (Å²) in [7, 11) is 1.38. The number of nitro benzene ring substituents is 1. The van der Waals surface area contributed by atoms with Crippen LogP contribution in [0.4, 0.5) is 10.1 Å². The van der Waals surface area contributed by atoms with Crippen molar-refractivity contribution in [3.05, 3.63) is 71.4 Å². The average molecular weight is 430 g/mol. The van der Waals surface area contributed by atoms with Gasteiger partial charge in [-0.3, -0.25) is 19.5 Å². The van der Waals surface area contributed by atoms with Crippen LogP contribution in [-0.2, 0) is 7.05 Å². The van der Waals surface area contributed by atoms with Gasteiger partial charge in [-0.05, 0) is 34.1 Å². The molecular formula is C15H7BrClFN2O5. The molecule has 0 amide bonds. The lowest BCUT2D eigenvalue weighted by Crippen LogP contribution is -2.11. The number of oxazole rings is 1. The fourth-order valence-electron chi connectivity index (χ4n) is 2.41. The van der Waals surface area contributed by atoms with Gasteiger partial charge in [0, 0.05) is 12.6 Å². The minimum absolute atomic E-state index is 0.0182. The molecule has 0 bridgehead atoms. The van der Waals surface area contributed by atoms with Crippen molar-refractivity contribution in [2.75, 3.05) is 0 Å². The summed E-state index contributed by atoms with van der Waals surface area (Å²) in [5.74, 6) is -2.33. The van der Waals surface area contributed by atoms with Crippen molar-refractivity contribution in [1.82, 2.24) is 4.57 Å². The maximum Gasteiger partial charge on any atom is 0.419 e. The topological polar surface area (TPSA) is 95.3 Å². The van der Waals surface area contributed by atoms with Crippen LogP contribution < -0.4 is 5.76 Å². The van der Waals surface area contributed by atoms with E-state index in [-0.39, 0.29) is 31.7 Å². The first-order valence-corrected chi connectivity index (χ1v) is 7.85. The zero-order valence-electron chi connectivity index (χ0n) is 12.4. The standard InChI is InChI=1S/C15H7BrClFN2O5/c1-19-13-10(25-15(19)22)5-9(20(23)24)11(12(13)16)14(21)7-4-6(18)2-3-8(7)17/h2-5H,1H3. The van der Waals surface area contributed by atoms with Gasteiger partial charge in [-0.15, -0.1) is 0 Å². The quantitative estimate of drug-likeness (QED) is 0.358. The molecule has 0 atom stereocenters. The van der Waals surface area contributed by atoms with Crippen LogP contribution in [0.2, 0.25) is 5.02 Å². The summed E-state index contributed by atoms with van der Waals surface area (Å²) in [6.07, 6.45) is 0. The molecule has 0 saturated heterocycles. The molecule has 1 heterocycles. The van der Waals surface area contributed by atoms with Gasteiger partial charge >= 0.3 is 5.76 Å². The third-order valence-electron chi connectivity index (χ3n) is 3.59. The van der Waals surface area contributed by atoms with E-state index < -0.39 is 28.0 Å². The van der Waals surface area contributed by atoms with E-state index in [0.29, 0.717) is 0 Å². The van der Waals surface area contributed by atoms with Gasteiger partial charge in [0.15, 0.2) is 5.58 Å². The molecule has 1 aromatic heterocycles. The highest BCUT2D eigenvalue weighted by Gasteiger charge is 2.30. The predicted molar refractivity (Wildman–Crippen MR) is 90.7 cm³/mol. The number of aromatic nitrogens is 1. The van der Waals surface area contributed by atoms with Crippen LogP contribution >= 0.6 is 27.5 Å². The molecule has 0 spiro atoms. The molecule has 0 aliphatic carbocycles. The molecule has 3 aromatic rings. The first kappa shape index (κ1) is 17.3. The van der Waals surface area contributed by atoms with Gasteiger partial charge in [0.2, 0.25) is 5.78 Å². The van der Waals surface area contributed by atoms with Gasteiger partial charge in [0.25, 0.3) is 5.69 Å². The smallest absolute Gasteiger partial charge is 0.407 e. The van der Waals surface area contributed by atoms with Gasteiger partial charge in [0.05, 0.1) is 20.5 Å². The molecule has 3 rings (SSSR count). The maximum atomic E-state index is 13.5. The number of rotatable bonds is 3. The summed E-state index contributed by atoms with van der Waals surface area (Å²) >= 11 is 9.06. The van der Waals surface area contributed by atoms with Crippen molar-refractivity contribution in [3.8, 4) is 0 Å². The minimum atomic E-state index is -0.862. The number of hydrogen-bond donors (Lipinski definition) is 0. The first-order chi connectivity index (χ1) is 11.7. The third kappa shape index (κ3) is 2.75. The van der Waals surface area contributed by atoms with E-state index in [9.17, 15) is 24.1 Å². The largest absolute Gasteiger partial charge is 0.419 e. The second kappa shape index (κ2) is 6.08. The Hall–Kier alpha value is -2.52.